The van der Waals surface area contributed by atoms with Crippen LogP contribution >= 0.6 is 15.9 Å². The van der Waals surface area contributed by atoms with Gasteiger partial charge in [0.15, 0.2) is 0 Å². The van der Waals surface area contributed by atoms with E-state index in [2.05, 4.69) is 26.0 Å². The molecular weight excluding hydrogens is 274 g/mol. The molecule has 4 nitrogen and oxygen atoms in total. The van der Waals surface area contributed by atoms with Crippen molar-refractivity contribution >= 4 is 27.8 Å². The Kier molecular flexibility index (Phi) is 4.49. The van der Waals surface area contributed by atoms with Gasteiger partial charge in [-0.2, -0.15) is 0 Å². The molecule has 1 amide bonds. The Morgan fingerprint density at radius 1 is 1.31 bits per heavy atom. The number of halogens is 1. The van der Waals surface area contributed by atoms with Crippen LogP contribution in [0, 0.1) is 0 Å². The van der Waals surface area contributed by atoms with Crippen molar-refractivity contribution < 1.29 is 14.3 Å². The Labute approximate surface area is 102 Å². The molecule has 0 aliphatic carbocycles. The zero-order chi connectivity index (χ0) is 12.1. The molecule has 1 atom stereocenters. The minimum atomic E-state index is -0.652. The number of esters is 1. The van der Waals surface area contributed by atoms with Gasteiger partial charge in [0.05, 0.1) is 7.11 Å². The predicted octanol–water partition coefficient (Wildman–Crippen LogP) is 1.74. The number of nitrogens with one attached hydrogen (secondary N) is 1. The fourth-order valence-corrected chi connectivity index (χ4v) is 1.38. The number of amides is 1. The fourth-order valence-electron chi connectivity index (χ4n) is 1.12. The number of ether oxygens (including phenoxy) is 1. The molecule has 1 rings (SSSR count). The molecule has 0 saturated heterocycles. The monoisotopic (exact) mass is 285 g/mol. The maximum atomic E-state index is 11.7. The van der Waals surface area contributed by atoms with Gasteiger partial charge in [-0.15, -0.1) is 0 Å². The number of hydrogen-bond acceptors (Lipinski definition) is 3. The Bertz CT molecular complexity index is 389. The summed E-state index contributed by atoms with van der Waals surface area (Å²) >= 11 is 3.27. The van der Waals surface area contributed by atoms with Crippen molar-refractivity contribution in [2.75, 3.05) is 7.11 Å². The first-order valence-corrected chi connectivity index (χ1v) is 5.48. The highest BCUT2D eigenvalue weighted by Crippen LogP contribution is 2.10. The third-order valence-electron chi connectivity index (χ3n) is 2.01. The molecule has 16 heavy (non-hydrogen) atoms. The molecule has 0 unspecified atom stereocenters. The van der Waals surface area contributed by atoms with Crippen molar-refractivity contribution in [2.45, 2.75) is 13.0 Å². The van der Waals surface area contributed by atoms with Gasteiger partial charge >= 0.3 is 5.97 Å². The van der Waals surface area contributed by atoms with Crippen LogP contribution in [-0.4, -0.2) is 25.0 Å². The van der Waals surface area contributed by atoms with E-state index in [0.717, 1.165) is 4.47 Å². The molecule has 1 aromatic carbocycles. The Balaban J connectivity index is 2.65. The quantitative estimate of drug-likeness (QED) is 0.861. The maximum absolute atomic E-state index is 11.7. The van der Waals surface area contributed by atoms with E-state index in [1.807, 2.05) is 0 Å². The summed E-state index contributed by atoms with van der Waals surface area (Å²) in [4.78, 5) is 22.7. The van der Waals surface area contributed by atoms with Crippen LogP contribution in [0.4, 0.5) is 0 Å². The minimum absolute atomic E-state index is 0.301. The van der Waals surface area contributed by atoms with E-state index in [-0.39, 0.29) is 5.91 Å². The first kappa shape index (κ1) is 12.7. The average molecular weight is 286 g/mol. The SMILES string of the molecule is COC(=O)[C@@H](C)NC(=O)c1ccc(Br)cc1. The van der Waals surface area contributed by atoms with Crippen molar-refractivity contribution in [1.82, 2.24) is 5.32 Å². The maximum Gasteiger partial charge on any atom is 0.328 e. The first-order valence-electron chi connectivity index (χ1n) is 4.69. The molecule has 0 fully saturated rings. The predicted molar refractivity (Wildman–Crippen MR) is 63.1 cm³/mol. The van der Waals surface area contributed by atoms with Crippen molar-refractivity contribution in [3.63, 3.8) is 0 Å². The number of methoxy groups -OCH3 is 1. The van der Waals surface area contributed by atoms with Crippen LogP contribution in [0.1, 0.15) is 17.3 Å². The molecule has 0 bridgehead atoms. The summed E-state index contributed by atoms with van der Waals surface area (Å²) < 4.78 is 5.40. The van der Waals surface area contributed by atoms with Gasteiger partial charge in [-0.05, 0) is 31.2 Å². The highest BCUT2D eigenvalue weighted by molar-refractivity contribution is 9.10. The van der Waals surface area contributed by atoms with E-state index in [0.29, 0.717) is 5.56 Å². The summed E-state index contributed by atoms with van der Waals surface area (Å²) in [5.41, 5.74) is 0.499. The number of carbonyl (C=O) groups is 2. The van der Waals surface area contributed by atoms with Crippen molar-refractivity contribution in [3.8, 4) is 0 Å². The standard InChI is InChI=1S/C11H12BrNO3/c1-7(11(15)16-2)13-10(14)8-3-5-9(12)6-4-8/h3-7H,1-2H3,(H,13,14)/t7-/m1/s1. The van der Waals surface area contributed by atoms with Crippen LogP contribution in [0.25, 0.3) is 0 Å². The van der Waals surface area contributed by atoms with Crippen LogP contribution < -0.4 is 5.32 Å². The smallest absolute Gasteiger partial charge is 0.328 e. The van der Waals surface area contributed by atoms with Crippen molar-refractivity contribution in [2.24, 2.45) is 0 Å². The molecule has 0 aliphatic rings. The van der Waals surface area contributed by atoms with Gasteiger partial charge in [-0.1, -0.05) is 15.9 Å². The normalized spacial score (nSPS) is 11.7. The summed E-state index contributed by atoms with van der Waals surface area (Å²) in [7, 11) is 1.28. The van der Waals surface area contributed by atoms with Gasteiger partial charge in [0, 0.05) is 10.0 Å². The van der Waals surface area contributed by atoms with Crippen molar-refractivity contribution in [3.05, 3.63) is 34.3 Å². The lowest BCUT2D eigenvalue weighted by Gasteiger charge is -2.11. The molecule has 0 aromatic heterocycles. The Hall–Kier alpha value is -1.36. The van der Waals surface area contributed by atoms with E-state index in [1.54, 1.807) is 31.2 Å². The molecule has 0 heterocycles. The minimum Gasteiger partial charge on any atom is -0.467 e. The summed E-state index contributed by atoms with van der Waals surface area (Å²) in [6.07, 6.45) is 0. The highest BCUT2D eigenvalue weighted by Gasteiger charge is 2.16. The van der Waals surface area contributed by atoms with Gasteiger partial charge in [-0.25, -0.2) is 4.79 Å². The summed E-state index contributed by atoms with van der Waals surface area (Å²) in [6, 6.07) is 6.21. The lowest BCUT2D eigenvalue weighted by molar-refractivity contribution is -0.142. The second kappa shape index (κ2) is 5.65. The van der Waals surface area contributed by atoms with Gasteiger partial charge in [0.25, 0.3) is 5.91 Å². The zero-order valence-corrected chi connectivity index (χ0v) is 10.6. The number of rotatable bonds is 3. The Morgan fingerprint density at radius 3 is 2.38 bits per heavy atom. The molecule has 0 aliphatic heterocycles. The molecule has 5 heteroatoms. The van der Waals surface area contributed by atoms with E-state index in [9.17, 15) is 9.59 Å². The largest absolute Gasteiger partial charge is 0.467 e. The van der Waals surface area contributed by atoms with Crippen molar-refractivity contribution in [1.29, 1.82) is 0 Å². The molecule has 0 saturated carbocycles. The number of carbonyl (C=O) groups excluding carboxylic acids is 2. The second-order valence-electron chi connectivity index (χ2n) is 3.23. The molecule has 1 N–H and O–H groups in total. The van der Waals surface area contributed by atoms with Crippen LogP contribution in [0.3, 0.4) is 0 Å². The van der Waals surface area contributed by atoms with E-state index in [1.165, 1.54) is 7.11 Å². The highest BCUT2D eigenvalue weighted by atomic mass is 79.9. The third-order valence-corrected chi connectivity index (χ3v) is 2.54. The summed E-state index contributed by atoms with van der Waals surface area (Å²) in [5.74, 6) is -0.768. The van der Waals surface area contributed by atoms with Crippen LogP contribution in [-0.2, 0) is 9.53 Å². The topological polar surface area (TPSA) is 55.4 Å². The van der Waals surface area contributed by atoms with Gasteiger partial charge in [0.1, 0.15) is 6.04 Å². The van der Waals surface area contributed by atoms with Crippen LogP contribution in [0.15, 0.2) is 28.7 Å². The molecular formula is C11H12BrNO3. The molecule has 0 radical (unpaired) electrons. The average Bonchev–Trinajstić information content (AvgIpc) is 2.28. The van der Waals surface area contributed by atoms with Gasteiger partial charge in [0.2, 0.25) is 0 Å². The summed E-state index contributed by atoms with van der Waals surface area (Å²) in [6.45, 7) is 1.57. The fraction of sp³-hybridized carbons (Fsp3) is 0.273. The lowest BCUT2D eigenvalue weighted by Crippen LogP contribution is -2.39. The van der Waals surface area contributed by atoms with Crippen LogP contribution in [0.5, 0.6) is 0 Å². The summed E-state index contributed by atoms with van der Waals surface area (Å²) in [5, 5.41) is 2.54. The van der Waals surface area contributed by atoms with E-state index < -0.39 is 12.0 Å². The first-order chi connectivity index (χ1) is 7.54. The molecule has 0 spiro atoms. The van der Waals surface area contributed by atoms with Gasteiger partial charge < -0.3 is 10.1 Å². The molecule has 1 aromatic rings. The number of hydrogen-bond donors (Lipinski definition) is 1. The Morgan fingerprint density at radius 2 is 1.88 bits per heavy atom. The number of benzene rings is 1. The zero-order valence-electron chi connectivity index (χ0n) is 8.99. The second-order valence-corrected chi connectivity index (χ2v) is 4.14. The van der Waals surface area contributed by atoms with Gasteiger partial charge in [-0.3, -0.25) is 4.79 Å². The van der Waals surface area contributed by atoms with E-state index in [4.69, 9.17) is 0 Å². The lowest BCUT2D eigenvalue weighted by atomic mass is 10.2. The third kappa shape index (κ3) is 3.34. The molecule has 86 valence electrons. The van der Waals surface area contributed by atoms with E-state index >= 15 is 0 Å². The van der Waals surface area contributed by atoms with Crippen LogP contribution in [0.2, 0.25) is 0 Å².